The second-order valence-electron chi connectivity index (χ2n) is 5.23. The summed E-state index contributed by atoms with van der Waals surface area (Å²) in [5.41, 5.74) is 0.656. The molecule has 2 rings (SSSR count). The van der Waals surface area contributed by atoms with Crippen LogP contribution in [0.3, 0.4) is 0 Å². The number of non-ortho nitro benzene ring substituents is 1. The van der Waals surface area contributed by atoms with E-state index in [9.17, 15) is 14.9 Å². The van der Waals surface area contributed by atoms with Gasteiger partial charge in [-0.2, -0.15) is 0 Å². The largest absolute Gasteiger partial charge is 0.433 e. The van der Waals surface area contributed by atoms with E-state index in [-0.39, 0.29) is 11.7 Å². The Morgan fingerprint density at radius 2 is 2.04 bits per heavy atom. The molecule has 130 valence electrons. The van der Waals surface area contributed by atoms with E-state index in [0.29, 0.717) is 12.3 Å². The van der Waals surface area contributed by atoms with Crippen LogP contribution < -0.4 is 5.06 Å². The molecule has 0 spiro atoms. The Bertz CT molecular complexity index is 615. The van der Waals surface area contributed by atoms with Crippen LogP contribution in [0.1, 0.15) is 20.8 Å². The maximum Gasteiger partial charge on any atom is 0.305 e. The van der Waals surface area contributed by atoms with Gasteiger partial charge >= 0.3 is 5.97 Å². The molecule has 1 aromatic carbocycles. The van der Waals surface area contributed by atoms with E-state index < -0.39 is 23.3 Å². The molecular weight excluding hydrogens is 316 g/mol. The van der Waals surface area contributed by atoms with Gasteiger partial charge in [0.1, 0.15) is 0 Å². The third-order valence-corrected chi connectivity index (χ3v) is 3.38. The molecule has 0 fully saturated rings. The molecule has 3 atom stereocenters. The summed E-state index contributed by atoms with van der Waals surface area (Å²) in [5.74, 6) is -0.467. The van der Waals surface area contributed by atoms with Crippen LogP contribution in [-0.2, 0) is 19.1 Å². The topological polar surface area (TPSA) is 91.1 Å². The van der Waals surface area contributed by atoms with Gasteiger partial charge < -0.3 is 9.47 Å². The van der Waals surface area contributed by atoms with Crippen LogP contribution in [-0.4, -0.2) is 35.9 Å². The van der Waals surface area contributed by atoms with Crippen LogP contribution in [0.4, 0.5) is 11.4 Å². The molecule has 0 saturated heterocycles. The summed E-state index contributed by atoms with van der Waals surface area (Å²) in [6.07, 6.45) is 2.19. The van der Waals surface area contributed by atoms with Crippen molar-refractivity contribution < 1.29 is 24.0 Å². The summed E-state index contributed by atoms with van der Waals surface area (Å²) < 4.78 is 10.6. The maximum atomic E-state index is 11.2. The lowest BCUT2D eigenvalue weighted by molar-refractivity contribution is -0.384. The van der Waals surface area contributed by atoms with Crippen LogP contribution in [0.2, 0.25) is 0 Å². The summed E-state index contributed by atoms with van der Waals surface area (Å²) >= 11 is 0. The van der Waals surface area contributed by atoms with E-state index in [4.69, 9.17) is 14.3 Å². The average molecular weight is 336 g/mol. The normalized spacial score (nSPS) is 21.4. The zero-order valence-electron chi connectivity index (χ0n) is 13.7. The Balaban J connectivity index is 2.18. The number of nitrogens with zero attached hydrogens (tertiary/aromatic N) is 2. The fourth-order valence-corrected chi connectivity index (χ4v) is 2.29. The molecule has 0 aromatic heterocycles. The highest BCUT2D eigenvalue weighted by molar-refractivity contribution is 5.66. The number of carbonyl (C=O) groups is 1. The van der Waals surface area contributed by atoms with Gasteiger partial charge in [0.2, 0.25) is 6.29 Å². The number of anilines is 1. The lowest BCUT2D eigenvalue weighted by Gasteiger charge is -2.37. The highest BCUT2D eigenvalue weighted by atomic mass is 16.8. The van der Waals surface area contributed by atoms with Crippen LogP contribution >= 0.6 is 0 Å². The molecular formula is C16H20N2O6. The Hall–Kier alpha value is -2.45. The highest BCUT2D eigenvalue weighted by Crippen LogP contribution is 2.27. The second-order valence-corrected chi connectivity index (χ2v) is 5.23. The minimum absolute atomic E-state index is 0.00242. The molecule has 0 bridgehead atoms. The van der Waals surface area contributed by atoms with Crippen LogP contribution in [0.15, 0.2) is 36.4 Å². The smallest absolute Gasteiger partial charge is 0.305 e. The van der Waals surface area contributed by atoms with Gasteiger partial charge in [0.25, 0.3) is 5.69 Å². The number of hydrogen-bond acceptors (Lipinski definition) is 7. The SMILES string of the molecule is CCOC(OC(C)=O)[C@@H]1C=C[C@H](C)N(c2ccc([N+](=O)[O-])cc2)O1. The van der Waals surface area contributed by atoms with Crippen molar-refractivity contribution in [2.24, 2.45) is 0 Å². The lowest BCUT2D eigenvalue weighted by atomic mass is 10.2. The molecule has 1 heterocycles. The molecule has 0 aliphatic carbocycles. The maximum absolute atomic E-state index is 11.2. The molecule has 0 N–H and O–H groups in total. The minimum atomic E-state index is -0.864. The van der Waals surface area contributed by atoms with Crippen molar-refractivity contribution in [2.75, 3.05) is 11.7 Å². The minimum Gasteiger partial charge on any atom is -0.433 e. The first-order chi connectivity index (χ1) is 11.4. The molecule has 0 radical (unpaired) electrons. The van der Waals surface area contributed by atoms with Crippen molar-refractivity contribution in [3.8, 4) is 0 Å². The third-order valence-electron chi connectivity index (χ3n) is 3.38. The monoisotopic (exact) mass is 336 g/mol. The van der Waals surface area contributed by atoms with Gasteiger partial charge in [-0.15, -0.1) is 0 Å². The zero-order chi connectivity index (χ0) is 17.7. The summed E-state index contributed by atoms with van der Waals surface area (Å²) in [6, 6.07) is 5.93. The molecule has 1 aliphatic heterocycles. The fourth-order valence-electron chi connectivity index (χ4n) is 2.29. The fraction of sp³-hybridized carbons (Fsp3) is 0.438. The summed E-state index contributed by atoms with van der Waals surface area (Å²) in [5, 5.41) is 12.4. The quantitative estimate of drug-likeness (QED) is 0.259. The molecule has 8 heteroatoms. The molecule has 0 saturated carbocycles. The number of rotatable bonds is 6. The van der Waals surface area contributed by atoms with E-state index in [1.807, 2.05) is 13.0 Å². The first kappa shape index (κ1) is 17.9. The number of ether oxygens (including phenoxy) is 2. The van der Waals surface area contributed by atoms with Crippen LogP contribution in [0.25, 0.3) is 0 Å². The Labute approximate surface area is 139 Å². The molecule has 1 unspecified atom stereocenters. The van der Waals surface area contributed by atoms with Gasteiger partial charge in [-0.05, 0) is 32.1 Å². The van der Waals surface area contributed by atoms with Crippen molar-refractivity contribution in [3.63, 3.8) is 0 Å². The van der Waals surface area contributed by atoms with Crippen molar-refractivity contribution in [1.29, 1.82) is 0 Å². The van der Waals surface area contributed by atoms with Crippen LogP contribution in [0.5, 0.6) is 0 Å². The number of esters is 1. The van der Waals surface area contributed by atoms with Gasteiger partial charge in [-0.3, -0.25) is 19.7 Å². The van der Waals surface area contributed by atoms with Gasteiger partial charge in [-0.25, -0.2) is 5.06 Å². The molecule has 1 aliphatic rings. The Morgan fingerprint density at radius 3 is 2.58 bits per heavy atom. The van der Waals surface area contributed by atoms with E-state index in [1.165, 1.54) is 19.1 Å². The Morgan fingerprint density at radius 1 is 1.38 bits per heavy atom. The predicted molar refractivity (Wildman–Crippen MR) is 86.2 cm³/mol. The lowest BCUT2D eigenvalue weighted by Crippen LogP contribution is -2.45. The average Bonchev–Trinajstić information content (AvgIpc) is 2.54. The summed E-state index contributed by atoms with van der Waals surface area (Å²) in [7, 11) is 0. The first-order valence-electron chi connectivity index (χ1n) is 7.60. The number of benzene rings is 1. The standard InChI is InChI=1S/C16H20N2O6/c1-4-22-16(23-12(3)19)15-10-5-11(2)17(24-15)13-6-8-14(9-7-13)18(20)21/h5-11,15-16H,4H2,1-3H3/t11-,15-,16?/m0/s1. The molecule has 1 aromatic rings. The third kappa shape index (κ3) is 4.30. The van der Waals surface area contributed by atoms with Gasteiger partial charge in [0.15, 0.2) is 6.10 Å². The van der Waals surface area contributed by atoms with E-state index in [2.05, 4.69) is 0 Å². The van der Waals surface area contributed by atoms with Crippen molar-refractivity contribution in [3.05, 3.63) is 46.5 Å². The highest BCUT2D eigenvalue weighted by Gasteiger charge is 2.31. The molecule has 8 nitrogen and oxygen atoms in total. The van der Waals surface area contributed by atoms with E-state index >= 15 is 0 Å². The number of carbonyl (C=O) groups excluding carboxylic acids is 1. The number of nitro groups is 1. The van der Waals surface area contributed by atoms with Crippen molar-refractivity contribution in [1.82, 2.24) is 0 Å². The van der Waals surface area contributed by atoms with Gasteiger partial charge in [0.05, 0.1) is 16.7 Å². The Kier molecular flexibility index (Phi) is 5.88. The van der Waals surface area contributed by atoms with Gasteiger partial charge in [-0.1, -0.05) is 6.08 Å². The number of hydrogen-bond donors (Lipinski definition) is 0. The van der Waals surface area contributed by atoms with Crippen molar-refractivity contribution >= 4 is 17.3 Å². The number of hydroxylamine groups is 1. The molecule has 0 amide bonds. The number of nitro benzene ring substituents is 1. The zero-order valence-corrected chi connectivity index (χ0v) is 13.7. The predicted octanol–water partition coefficient (Wildman–Crippen LogP) is 2.59. The van der Waals surface area contributed by atoms with Crippen LogP contribution in [0, 0.1) is 10.1 Å². The summed E-state index contributed by atoms with van der Waals surface area (Å²) in [6.45, 7) is 5.36. The van der Waals surface area contributed by atoms with E-state index in [0.717, 1.165) is 0 Å². The van der Waals surface area contributed by atoms with Crippen molar-refractivity contribution in [2.45, 2.75) is 39.2 Å². The second kappa shape index (κ2) is 7.89. The van der Waals surface area contributed by atoms with Gasteiger partial charge in [0, 0.05) is 25.7 Å². The summed E-state index contributed by atoms with van der Waals surface area (Å²) in [4.78, 5) is 27.4. The first-order valence-corrected chi connectivity index (χ1v) is 7.60. The molecule has 24 heavy (non-hydrogen) atoms. The van der Waals surface area contributed by atoms with E-state index in [1.54, 1.807) is 30.2 Å².